The molecular weight excluding hydrogens is 418 g/mol. The van der Waals surface area contributed by atoms with Crippen LogP contribution in [0.25, 0.3) is 10.2 Å². The Kier molecular flexibility index (Phi) is 6.90. The van der Waals surface area contributed by atoms with E-state index < -0.39 is 10.0 Å². The van der Waals surface area contributed by atoms with Gasteiger partial charge in [0, 0.05) is 18.7 Å². The van der Waals surface area contributed by atoms with Crippen LogP contribution >= 0.6 is 11.3 Å². The molecule has 6 nitrogen and oxygen atoms in total. The molecule has 0 radical (unpaired) electrons. The van der Waals surface area contributed by atoms with Crippen LogP contribution in [-0.4, -0.2) is 36.7 Å². The maximum Gasteiger partial charge on any atom is 0.257 e. The molecule has 1 N–H and O–H groups in total. The third-order valence-corrected chi connectivity index (χ3v) is 7.48. The van der Waals surface area contributed by atoms with Crippen molar-refractivity contribution in [3.63, 3.8) is 0 Å². The summed E-state index contributed by atoms with van der Waals surface area (Å²) >= 11 is 1.27. The zero-order valence-electron chi connectivity index (χ0n) is 17.7. The zero-order valence-corrected chi connectivity index (χ0v) is 19.4. The van der Waals surface area contributed by atoms with Gasteiger partial charge in [-0.2, -0.15) is 4.31 Å². The summed E-state index contributed by atoms with van der Waals surface area (Å²) in [7, 11) is -3.56. The highest BCUT2D eigenvalue weighted by Crippen LogP contribution is 2.29. The van der Waals surface area contributed by atoms with Crippen molar-refractivity contribution in [2.45, 2.75) is 45.4 Å². The van der Waals surface area contributed by atoms with Gasteiger partial charge in [-0.1, -0.05) is 42.4 Å². The summed E-state index contributed by atoms with van der Waals surface area (Å²) in [6, 6.07) is 10.6. The van der Waals surface area contributed by atoms with E-state index in [2.05, 4.69) is 10.3 Å². The summed E-state index contributed by atoms with van der Waals surface area (Å²) in [5, 5.41) is 3.28. The standard InChI is InChI=1S/C22H27N3O3S2/c1-5-9-25(10-6-2)30(27,28)18-7-8-19-20(14-18)29-22(23-19)24-21(26)17-12-15(3)11-16(4)13-17/h7-8,11-14H,5-6,9-10H2,1-4H3,(H,23,24,26). The van der Waals surface area contributed by atoms with Gasteiger partial charge < -0.3 is 0 Å². The largest absolute Gasteiger partial charge is 0.298 e. The first kappa shape index (κ1) is 22.4. The lowest BCUT2D eigenvalue weighted by Crippen LogP contribution is -2.32. The predicted molar refractivity (Wildman–Crippen MR) is 123 cm³/mol. The van der Waals surface area contributed by atoms with E-state index in [1.807, 2.05) is 45.9 Å². The van der Waals surface area contributed by atoms with E-state index in [0.29, 0.717) is 29.3 Å². The first-order valence-corrected chi connectivity index (χ1v) is 12.3. The molecule has 8 heteroatoms. The van der Waals surface area contributed by atoms with Crippen LogP contribution in [0.4, 0.5) is 5.13 Å². The van der Waals surface area contributed by atoms with Gasteiger partial charge >= 0.3 is 0 Å². The first-order chi connectivity index (χ1) is 14.2. The summed E-state index contributed by atoms with van der Waals surface area (Å²) in [5.41, 5.74) is 3.27. The molecule has 1 amide bonds. The zero-order chi connectivity index (χ0) is 21.9. The molecule has 3 aromatic rings. The lowest BCUT2D eigenvalue weighted by Gasteiger charge is -2.20. The fourth-order valence-electron chi connectivity index (χ4n) is 3.39. The van der Waals surface area contributed by atoms with E-state index in [1.54, 1.807) is 18.2 Å². The highest BCUT2D eigenvalue weighted by atomic mass is 32.2. The second kappa shape index (κ2) is 9.24. The number of fused-ring (bicyclic) bond motifs is 1. The van der Waals surface area contributed by atoms with Crippen LogP contribution in [0.5, 0.6) is 0 Å². The number of aryl methyl sites for hydroxylation is 2. The van der Waals surface area contributed by atoms with Crippen molar-refractivity contribution in [3.05, 3.63) is 53.1 Å². The minimum Gasteiger partial charge on any atom is -0.298 e. The molecule has 2 aromatic carbocycles. The topological polar surface area (TPSA) is 79.4 Å². The lowest BCUT2D eigenvalue weighted by molar-refractivity contribution is 0.102. The van der Waals surface area contributed by atoms with Crippen molar-refractivity contribution < 1.29 is 13.2 Å². The fourth-order valence-corrected chi connectivity index (χ4v) is 6.02. The number of anilines is 1. The number of carbonyl (C=O) groups excluding carboxylic acids is 1. The van der Waals surface area contributed by atoms with Gasteiger partial charge in [-0.3, -0.25) is 10.1 Å². The van der Waals surface area contributed by atoms with E-state index in [0.717, 1.165) is 28.7 Å². The second-order valence-corrected chi connectivity index (χ2v) is 10.4. The Balaban J connectivity index is 1.88. The minimum absolute atomic E-state index is 0.231. The fraction of sp³-hybridized carbons (Fsp3) is 0.364. The van der Waals surface area contributed by atoms with Gasteiger partial charge in [0.1, 0.15) is 0 Å². The van der Waals surface area contributed by atoms with Gasteiger partial charge in [-0.15, -0.1) is 0 Å². The summed E-state index contributed by atoms with van der Waals surface area (Å²) < 4.78 is 28.3. The van der Waals surface area contributed by atoms with Crippen molar-refractivity contribution in [3.8, 4) is 0 Å². The summed E-state index contributed by atoms with van der Waals surface area (Å²) in [5.74, 6) is -0.231. The molecule has 0 spiro atoms. The molecule has 0 saturated heterocycles. The average Bonchev–Trinajstić information content (AvgIpc) is 3.08. The van der Waals surface area contributed by atoms with Gasteiger partial charge in [-0.25, -0.2) is 13.4 Å². The molecule has 1 aromatic heterocycles. The minimum atomic E-state index is -3.56. The highest BCUT2D eigenvalue weighted by Gasteiger charge is 2.24. The normalized spacial score (nSPS) is 11.9. The molecule has 0 aliphatic carbocycles. The van der Waals surface area contributed by atoms with Gasteiger partial charge in [0.25, 0.3) is 5.91 Å². The van der Waals surface area contributed by atoms with Gasteiger partial charge in [0.15, 0.2) is 5.13 Å². The van der Waals surface area contributed by atoms with Gasteiger partial charge in [-0.05, 0) is 57.0 Å². The molecule has 0 atom stereocenters. The number of carbonyl (C=O) groups is 1. The van der Waals surface area contributed by atoms with Gasteiger partial charge in [0.2, 0.25) is 10.0 Å². The smallest absolute Gasteiger partial charge is 0.257 e. The van der Waals surface area contributed by atoms with Crippen LogP contribution in [0.3, 0.4) is 0 Å². The molecule has 30 heavy (non-hydrogen) atoms. The third-order valence-electron chi connectivity index (χ3n) is 4.65. The summed E-state index contributed by atoms with van der Waals surface area (Å²) in [4.78, 5) is 17.3. The molecule has 0 aliphatic rings. The van der Waals surface area contributed by atoms with Crippen molar-refractivity contribution in [1.29, 1.82) is 0 Å². The van der Waals surface area contributed by atoms with E-state index in [-0.39, 0.29) is 10.8 Å². The number of hydrogen-bond acceptors (Lipinski definition) is 5. The van der Waals surface area contributed by atoms with Crippen LogP contribution in [0.2, 0.25) is 0 Å². The molecule has 160 valence electrons. The SMILES string of the molecule is CCCN(CCC)S(=O)(=O)c1ccc2nc(NC(=O)c3cc(C)cc(C)c3)sc2c1. The van der Waals surface area contributed by atoms with E-state index in [4.69, 9.17) is 0 Å². The molecule has 0 aliphatic heterocycles. The number of hydrogen-bond donors (Lipinski definition) is 1. The van der Waals surface area contributed by atoms with E-state index >= 15 is 0 Å². The number of thiazole rings is 1. The van der Waals surface area contributed by atoms with Crippen molar-refractivity contribution >= 4 is 42.6 Å². The molecular formula is C22H27N3O3S2. The third kappa shape index (κ3) is 4.88. The second-order valence-electron chi connectivity index (χ2n) is 7.38. The summed E-state index contributed by atoms with van der Waals surface area (Å²) in [6.07, 6.45) is 1.52. The lowest BCUT2D eigenvalue weighted by atomic mass is 10.1. The molecule has 0 saturated carbocycles. The average molecular weight is 446 g/mol. The van der Waals surface area contributed by atoms with Crippen LogP contribution < -0.4 is 5.32 Å². The van der Waals surface area contributed by atoms with E-state index in [1.165, 1.54) is 15.6 Å². The maximum absolute atomic E-state index is 13.0. The number of amides is 1. The van der Waals surface area contributed by atoms with Crippen molar-refractivity contribution in [2.24, 2.45) is 0 Å². The van der Waals surface area contributed by atoms with Crippen LogP contribution in [0.1, 0.15) is 48.2 Å². The predicted octanol–water partition coefficient (Wildman–Crippen LogP) is 4.98. The summed E-state index contributed by atoms with van der Waals surface area (Å²) in [6.45, 7) is 8.82. The Bertz CT molecular complexity index is 1140. The van der Waals surface area contributed by atoms with Gasteiger partial charge in [0.05, 0.1) is 15.1 Å². The Morgan fingerprint density at radius 2 is 1.67 bits per heavy atom. The quantitative estimate of drug-likeness (QED) is 0.530. The number of benzene rings is 2. The Labute approximate surface area is 182 Å². The Morgan fingerprint density at radius 1 is 1.03 bits per heavy atom. The molecule has 0 bridgehead atoms. The number of nitrogens with zero attached hydrogens (tertiary/aromatic N) is 2. The van der Waals surface area contributed by atoms with E-state index in [9.17, 15) is 13.2 Å². The van der Waals surface area contributed by atoms with Crippen LogP contribution in [-0.2, 0) is 10.0 Å². The molecule has 0 fully saturated rings. The van der Waals surface area contributed by atoms with Crippen LogP contribution in [0, 0.1) is 13.8 Å². The monoisotopic (exact) mass is 445 g/mol. The van der Waals surface area contributed by atoms with Crippen molar-refractivity contribution in [2.75, 3.05) is 18.4 Å². The molecule has 3 rings (SSSR count). The Hall–Kier alpha value is -2.29. The first-order valence-electron chi connectivity index (χ1n) is 10.0. The van der Waals surface area contributed by atoms with Crippen LogP contribution in [0.15, 0.2) is 41.3 Å². The maximum atomic E-state index is 13.0. The number of aromatic nitrogens is 1. The van der Waals surface area contributed by atoms with Crippen molar-refractivity contribution in [1.82, 2.24) is 9.29 Å². The highest BCUT2D eigenvalue weighted by molar-refractivity contribution is 7.89. The molecule has 1 heterocycles. The Morgan fingerprint density at radius 3 is 2.27 bits per heavy atom. The number of rotatable bonds is 8. The number of nitrogens with one attached hydrogen (secondary N) is 1. The molecule has 0 unspecified atom stereocenters. The number of sulfonamides is 1.